The monoisotopic (exact) mass is 167 g/mol. The number of fused-ring (bicyclic) bond motifs is 2. The van der Waals surface area contributed by atoms with Gasteiger partial charge in [0.1, 0.15) is 0 Å². The van der Waals surface area contributed by atoms with E-state index in [9.17, 15) is 5.11 Å². The van der Waals surface area contributed by atoms with Crippen molar-refractivity contribution in [3.63, 3.8) is 0 Å². The fourth-order valence-corrected chi connectivity index (χ4v) is 2.68. The fourth-order valence-electron chi connectivity index (χ4n) is 2.68. The summed E-state index contributed by atoms with van der Waals surface area (Å²) in [7, 11) is 0. The Labute approximate surface area is 73.9 Å². The van der Waals surface area contributed by atoms with Crippen LogP contribution in [0.25, 0.3) is 0 Å². The summed E-state index contributed by atoms with van der Waals surface area (Å²) in [6, 6.07) is 1.16. The Hall–Kier alpha value is -0.340. The normalized spacial score (nSPS) is 41.6. The molecule has 2 aliphatic rings. The Balaban J connectivity index is 2.07. The molecule has 0 amide bonds. The summed E-state index contributed by atoms with van der Waals surface area (Å²) < 4.78 is 0. The van der Waals surface area contributed by atoms with E-state index in [4.69, 9.17) is 0 Å². The SMILES string of the molecule is C=CCN1[C@@H]2CC[C@@H](O)[C@H]1CC2. The van der Waals surface area contributed by atoms with Crippen molar-refractivity contribution < 1.29 is 5.11 Å². The van der Waals surface area contributed by atoms with Crippen LogP contribution in [0.3, 0.4) is 0 Å². The van der Waals surface area contributed by atoms with Crippen LogP contribution in [0, 0.1) is 0 Å². The molecule has 1 N–H and O–H groups in total. The van der Waals surface area contributed by atoms with Crippen molar-refractivity contribution in [2.45, 2.75) is 43.9 Å². The number of nitrogens with zero attached hydrogens (tertiary/aromatic N) is 1. The maximum absolute atomic E-state index is 9.72. The van der Waals surface area contributed by atoms with E-state index < -0.39 is 0 Å². The zero-order valence-electron chi connectivity index (χ0n) is 7.45. The first-order chi connectivity index (χ1) is 5.83. The number of piperidine rings is 1. The molecule has 0 radical (unpaired) electrons. The molecule has 0 aromatic heterocycles. The third kappa shape index (κ3) is 1.19. The summed E-state index contributed by atoms with van der Waals surface area (Å²) in [5.41, 5.74) is 0. The largest absolute Gasteiger partial charge is 0.391 e. The van der Waals surface area contributed by atoms with Gasteiger partial charge in [-0.3, -0.25) is 4.90 Å². The molecule has 0 spiro atoms. The Morgan fingerprint density at radius 3 is 2.83 bits per heavy atom. The third-order valence-corrected chi connectivity index (χ3v) is 3.27. The molecule has 12 heavy (non-hydrogen) atoms. The van der Waals surface area contributed by atoms with Gasteiger partial charge in [0, 0.05) is 18.6 Å². The van der Waals surface area contributed by atoms with Crippen LogP contribution in [0.5, 0.6) is 0 Å². The average molecular weight is 167 g/mol. The zero-order valence-corrected chi connectivity index (χ0v) is 7.45. The molecule has 2 saturated heterocycles. The second-order valence-corrected chi connectivity index (χ2v) is 3.93. The van der Waals surface area contributed by atoms with Crippen LogP contribution in [-0.2, 0) is 0 Å². The molecule has 2 fully saturated rings. The van der Waals surface area contributed by atoms with Gasteiger partial charge >= 0.3 is 0 Å². The summed E-state index contributed by atoms with van der Waals surface area (Å²) in [4.78, 5) is 2.42. The van der Waals surface area contributed by atoms with Crippen molar-refractivity contribution in [3.8, 4) is 0 Å². The van der Waals surface area contributed by atoms with E-state index in [1.54, 1.807) is 0 Å². The highest BCUT2D eigenvalue weighted by Crippen LogP contribution is 2.35. The first-order valence-corrected chi connectivity index (χ1v) is 4.87. The predicted molar refractivity (Wildman–Crippen MR) is 49.0 cm³/mol. The minimum absolute atomic E-state index is 0.0799. The summed E-state index contributed by atoms with van der Waals surface area (Å²) >= 11 is 0. The first kappa shape index (κ1) is 8.27. The summed E-state index contributed by atoms with van der Waals surface area (Å²) in [5.74, 6) is 0. The highest BCUT2D eigenvalue weighted by atomic mass is 16.3. The summed E-state index contributed by atoms with van der Waals surface area (Å²) in [6.45, 7) is 4.70. The highest BCUT2D eigenvalue weighted by molar-refractivity contribution is 4.98. The fraction of sp³-hybridized carbons (Fsp3) is 0.800. The molecule has 2 aliphatic heterocycles. The number of aliphatic hydroxyl groups excluding tert-OH is 1. The minimum Gasteiger partial charge on any atom is -0.391 e. The molecule has 0 aromatic rings. The van der Waals surface area contributed by atoms with E-state index in [2.05, 4.69) is 11.5 Å². The molecule has 0 saturated carbocycles. The molecule has 2 heteroatoms. The quantitative estimate of drug-likeness (QED) is 0.624. The maximum atomic E-state index is 9.72. The molecular weight excluding hydrogens is 150 g/mol. The average Bonchev–Trinajstić information content (AvgIpc) is 2.35. The molecule has 68 valence electrons. The lowest BCUT2D eigenvalue weighted by molar-refractivity contribution is 0.0209. The lowest BCUT2D eigenvalue weighted by Crippen LogP contribution is -2.47. The molecule has 2 rings (SSSR count). The summed E-state index contributed by atoms with van der Waals surface area (Å²) in [5, 5.41) is 9.72. The van der Waals surface area contributed by atoms with Gasteiger partial charge in [-0.15, -0.1) is 6.58 Å². The van der Waals surface area contributed by atoms with Crippen LogP contribution in [-0.4, -0.2) is 34.7 Å². The van der Waals surface area contributed by atoms with Gasteiger partial charge in [0.25, 0.3) is 0 Å². The van der Waals surface area contributed by atoms with Gasteiger partial charge in [-0.1, -0.05) is 6.08 Å². The second kappa shape index (κ2) is 3.19. The van der Waals surface area contributed by atoms with Gasteiger partial charge < -0.3 is 5.11 Å². The van der Waals surface area contributed by atoms with E-state index in [1.165, 1.54) is 19.3 Å². The molecule has 2 bridgehead atoms. The van der Waals surface area contributed by atoms with Crippen molar-refractivity contribution >= 4 is 0 Å². The highest BCUT2D eigenvalue weighted by Gasteiger charge is 2.40. The smallest absolute Gasteiger partial charge is 0.0696 e. The van der Waals surface area contributed by atoms with E-state index in [1.807, 2.05) is 6.08 Å². The van der Waals surface area contributed by atoms with Crippen LogP contribution in [0.4, 0.5) is 0 Å². The molecular formula is C10H17NO. The van der Waals surface area contributed by atoms with Gasteiger partial charge in [0.2, 0.25) is 0 Å². The molecule has 2 heterocycles. The molecule has 2 nitrogen and oxygen atoms in total. The third-order valence-electron chi connectivity index (χ3n) is 3.27. The van der Waals surface area contributed by atoms with Gasteiger partial charge in [0.15, 0.2) is 0 Å². The topological polar surface area (TPSA) is 23.5 Å². The van der Waals surface area contributed by atoms with Crippen LogP contribution in [0.15, 0.2) is 12.7 Å². The van der Waals surface area contributed by atoms with E-state index in [0.717, 1.165) is 19.0 Å². The molecule has 0 aromatic carbocycles. The molecule has 0 unspecified atom stereocenters. The van der Waals surface area contributed by atoms with E-state index >= 15 is 0 Å². The van der Waals surface area contributed by atoms with E-state index in [0.29, 0.717) is 6.04 Å². The number of rotatable bonds is 2. The number of hydrogen-bond acceptors (Lipinski definition) is 2. The van der Waals surface area contributed by atoms with Crippen molar-refractivity contribution in [2.24, 2.45) is 0 Å². The van der Waals surface area contributed by atoms with Crippen LogP contribution in [0.1, 0.15) is 25.7 Å². The van der Waals surface area contributed by atoms with Gasteiger partial charge in [0.05, 0.1) is 6.10 Å². The van der Waals surface area contributed by atoms with E-state index in [-0.39, 0.29) is 6.10 Å². The molecule has 3 atom stereocenters. The van der Waals surface area contributed by atoms with Gasteiger partial charge in [-0.05, 0) is 25.7 Å². The van der Waals surface area contributed by atoms with Crippen LogP contribution < -0.4 is 0 Å². The standard InChI is InChI=1S/C10H17NO/c1-2-7-11-8-3-5-9(11)10(12)6-4-8/h2,8-10,12H,1,3-7H2/t8-,9+,10+/m0/s1. The van der Waals surface area contributed by atoms with Crippen LogP contribution in [0.2, 0.25) is 0 Å². The first-order valence-electron chi connectivity index (χ1n) is 4.87. The Bertz CT molecular complexity index is 181. The number of hydrogen-bond donors (Lipinski definition) is 1. The van der Waals surface area contributed by atoms with Crippen molar-refractivity contribution in [3.05, 3.63) is 12.7 Å². The second-order valence-electron chi connectivity index (χ2n) is 3.93. The number of aliphatic hydroxyl groups is 1. The van der Waals surface area contributed by atoms with Gasteiger partial charge in [-0.2, -0.15) is 0 Å². The van der Waals surface area contributed by atoms with Crippen LogP contribution >= 0.6 is 0 Å². The zero-order chi connectivity index (χ0) is 8.55. The van der Waals surface area contributed by atoms with Crippen molar-refractivity contribution in [1.29, 1.82) is 0 Å². The Morgan fingerprint density at radius 2 is 2.08 bits per heavy atom. The van der Waals surface area contributed by atoms with Crippen molar-refractivity contribution in [1.82, 2.24) is 4.90 Å². The Kier molecular flexibility index (Phi) is 2.20. The lowest BCUT2D eigenvalue weighted by Gasteiger charge is -2.37. The molecule has 0 aliphatic carbocycles. The van der Waals surface area contributed by atoms with Crippen molar-refractivity contribution in [2.75, 3.05) is 6.54 Å². The summed E-state index contributed by atoms with van der Waals surface area (Å²) in [6.07, 6.45) is 6.50. The Morgan fingerprint density at radius 1 is 1.33 bits per heavy atom. The maximum Gasteiger partial charge on any atom is 0.0696 e. The lowest BCUT2D eigenvalue weighted by atomic mass is 10.00. The predicted octanol–water partition coefficient (Wildman–Crippen LogP) is 1.16. The van der Waals surface area contributed by atoms with Gasteiger partial charge in [-0.25, -0.2) is 0 Å². The minimum atomic E-state index is -0.0799.